The third kappa shape index (κ3) is 8.31. The Morgan fingerprint density at radius 1 is 0.538 bits per heavy atom. The molecule has 8 heteroatoms. The van der Waals surface area contributed by atoms with Crippen LogP contribution in [0.25, 0.3) is 0 Å². The minimum atomic E-state index is -0.380. The second-order valence-electron chi connectivity index (χ2n) is 6.72. The third-order valence-electron chi connectivity index (χ3n) is 4.55. The van der Waals surface area contributed by atoms with Crippen LogP contribution in [0.4, 0.5) is 0 Å². The number of hydrogen-bond acceptors (Lipinski definition) is 8. The lowest BCUT2D eigenvalue weighted by Crippen LogP contribution is -2.41. The molecule has 0 saturated heterocycles. The van der Waals surface area contributed by atoms with Gasteiger partial charge in [0, 0.05) is 27.7 Å². The maximum atomic E-state index is 11.2. The molecule has 0 heterocycles. The van der Waals surface area contributed by atoms with Gasteiger partial charge < -0.3 is 18.9 Å². The summed E-state index contributed by atoms with van der Waals surface area (Å²) in [5.74, 6) is -1.66. The molecule has 0 N–H and O–H groups in total. The SMILES string of the molecule is CC(=O)OC[C@@H]1C[C@H](COC(C)=O)[C@@H](COC(C)=O)C[C@@H]1COC(C)=O. The molecule has 0 aromatic rings. The Balaban J connectivity index is 2.85. The van der Waals surface area contributed by atoms with Gasteiger partial charge in [0.15, 0.2) is 0 Å². The van der Waals surface area contributed by atoms with E-state index in [-0.39, 0.29) is 74.0 Å². The van der Waals surface area contributed by atoms with Crippen molar-refractivity contribution in [3.8, 4) is 0 Å². The van der Waals surface area contributed by atoms with E-state index in [4.69, 9.17) is 18.9 Å². The lowest BCUT2D eigenvalue weighted by molar-refractivity contribution is -0.154. The number of carbonyl (C=O) groups excluding carboxylic acids is 4. The van der Waals surface area contributed by atoms with Gasteiger partial charge in [-0.05, 0) is 36.5 Å². The van der Waals surface area contributed by atoms with Gasteiger partial charge in [0.25, 0.3) is 0 Å². The van der Waals surface area contributed by atoms with Crippen molar-refractivity contribution >= 4 is 23.9 Å². The first kappa shape index (κ1) is 21.9. The zero-order chi connectivity index (χ0) is 19.7. The minimum absolute atomic E-state index is 0.0348. The largest absolute Gasteiger partial charge is 0.466 e. The van der Waals surface area contributed by atoms with Gasteiger partial charge in [0.1, 0.15) is 0 Å². The predicted octanol–water partition coefficient (Wildman–Crippen LogP) is 1.50. The van der Waals surface area contributed by atoms with E-state index in [2.05, 4.69) is 0 Å². The van der Waals surface area contributed by atoms with Crippen LogP contribution in [0.2, 0.25) is 0 Å². The highest BCUT2D eigenvalue weighted by atomic mass is 16.5. The van der Waals surface area contributed by atoms with E-state index in [9.17, 15) is 19.2 Å². The van der Waals surface area contributed by atoms with Crippen molar-refractivity contribution in [2.75, 3.05) is 26.4 Å². The first-order valence-electron chi connectivity index (χ1n) is 8.72. The maximum Gasteiger partial charge on any atom is 0.302 e. The Hall–Kier alpha value is -2.12. The highest BCUT2D eigenvalue weighted by Gasteiger charge is 2.39. The summed E-state index contributed by atoms with van der Waals surface area (Å²) >= 11 is 0. The zero-order valence-corrected chi connectivity index (χ0v) is 15.8. The average molecular weight is 372 g/mol. The van der Waals surface area contributed by atoms with Gasteiger partial charge in [-0.3, -0.25) is 19.2 Å². The summed E-state index contributed by atoms with van der Waals surface area (Å²) in [5.41, 5.74) is 0. The van der Waals surface area contributed by atoms with Crippen molar-refractivity contribution in [2.24, 2.45) is 23.7 Å². The van der Waals surface area contributed by atoms with Crippen molar-refractivity contribution in [3.05, 3.63) is 0 Å². The molecule has 0 radical (unpaired) electrons. The summed E-state index contributed by atoms with van der Waals surface area (Å²) in [7, 11) is 0. The van der Waals surface area contributed by atoms with Crippen molar-refractivity contribution in [1.29, 1.82) is 0 Å². The Morgan fingerprint density at radius 3 is 0.885 bits per heavy atom. The van der Waals surface area contributed by atoms with Crippen molar-refractivity contribution in [3.63, 3.8) is 0 Å². The van der Waals surface area contributed by atoms with Gasteiger partial charge in [-0.2, -0.15) is 0 Å². The van der Waals surface area contributed by atoms with Crippen LogP contribution >= 0.6 is 0 Å². The summed E-state index contributed by atoms with van der Waals surface area (Å²) in [6.07, 6.45) is 1.22. The van der Waals surface area contributed by atoms with E-state index in [0.717, 1.165) is 0 Å². The van der Waals surface area contributed by atoms with Crippen LogP contribution in [-0.4, -0.2) is 50.3 Å². The molecular weight excluding hydrogens is 344 g/mol. The molecule has 4 atom stereocenters. The molecule has 1 aliphatic rings. The Labute approximate surface area is 153 Å². The third-order valence-corrected chi connectivity index (χ3v) is 4.55. The second-order valence-corrected chi connectivity index (χ2v) is 6.72. The van der Waals surface area contributed by atoms with E-state index in [1.54, 1.807) is 0 Å². The smallest absolute Gasteiger partial charge is 0.302 e. The molecule has 1 rings (SSSR count). The predicted molar refractivity (Wildman–Crippen MR) is 89.7 cm³/mol. The summed E-state index contributed by atoms with van der Waals surface area (Å²) in [6.45, 7) is 6.17. The molecule has 1 fully saturated rings. The molecule has 0 aliphatic heterocycles. The normalized spacial score (nSPS) is 25.1. The fourth-order valence-electron chi connectivity index (χ4n) is 3.26. The molecule has 1 saturated carbocycles. The Morgan fingerprint density at radius 2 is 0.731 bits per heavy atom. The summed E-state index contributed by atoms with van der Waals surface area (Å²) < 4.78 is 20.6. The first-order valence-corrected chi connectivity index (χ1v) is 8.72. The molecule has 1 aliphatic carbocycles. The molecule has 148 valence electrons. The van der Waals surface area contributed by atoms with Crippen LogP contribution in [0.3, 0.4) is 0 Å². The highest BCUT2D eigenvalue weighted by Crippen LogP contribution is 2.39. The van der Waals surface area contributed by atoms with Crippen LogP contribution < -0.4 is 0 Å². The molecular formula is C18H28O8. The summed E-state index contributed by atoms with van der Waals surface area (Å²) in [4.78, 5) is 44.7. The summed E-state index contributed by atoms with van der Waals surface area (Å²) in [5, 5.41) is 0. The van der Waals surface area contributed by atoms with E-state index in [1.807, 2.05) is 0 Å². The van der Waals surface area contributed by atoms with Gasteiger partial charge in [0.2, 0.25) is 0 Å². The fourth-order valence-corrected chi connectivity index (χ4v) is 3.26. The van der Waals surface area contributed by atoms with E-state index in [0.29, 0.717) is 12.8 Å². The lowest BCUT2D eigenvalue weighted by Gasteiger charge is -2.40. The molecule has 0 amide bonds. The second kappa shape index (κ2) is 10.8. The molecule has 0 bridgehead atoms. The Bertz CT molecular complexity index is 425. The minimum Gasteiger partial charge on any atom is -0.466 e. The highest BCUT2D eigenvalue weighted by molar-refractivity contribution is 5.66. The van der Waals surface area contributed by atoms with Crippen molar-refractivity contribution < 1.29 is 38.1 Å². The monoisotopic (exact) mass is 372 g/mol. The topological polar surface area (TPSA) is 105 Å². The summed E-state index contributed by atoms with van der Waals surface area (Å²) in [6, 6.07) is 0. The molecule has 0 aromatic heterocycles. The van der Waals surface area contributed by atoms with Gasteiger partial charge in [-0.1, -0.05) is 0 Å². The van der Waals surface area contributed by atoms with Gasteiger partial charge in [-0.25, -0.2) is 0 Å². The molecule has 0 spiro atoms. The standard InChI is InChI=1S/C18H28O8/c1-11(19)23-7-15-5-17(9-25-13(3)21)18(10-26-14(4)22)6-16(15)8-24-12(2)20/h15-18H,5-10H2,1-4H3/t15-,16-,17-,18+/m1/s1. The maximum absolute atomic E-state index is 11.2. The van der Waals surface area contributed by atoms with Gasteiger partial charge in [-0.15, -0.1) is 0 Å². The molecule has 8 nitrogen and oxygen atoms in total. The van der Waals surface area contributed by atoms with Crippen molar-refractivity contribution in [2.45, 2.75) is 40.5 Å². The van der Waals surface area contributed by atoms with E-state index in [1.165, 1.54) is 27.7 Å². The van der Waals surface area contributed by atoms with E-state index < -0.39 is 0 Å². The quantitative estimate of drug-likeness (QED) is 0.466. The zero-order valence-electron chi connectivity index (χ0n) is 15.8. The van der Waals surface area contributed by atoms with Crippen LogP contribution in [0.1, 0.15) is 40.5 Å². The lowest BCUT2D eigenvalue weighted by atomic mass is 9.69. The number of hydrogen-bond donors (Lipinski definition) is 0. The van der Waals surface area contributed by atoms with Gasteiger partial charge in [0.05, 0.1) is 26.4 Å². The van der Waals surface area contributed by atoms with E-state index >= 15 is 0 Å². The van der Waals surface area contributed by atoms with Crippen LogP contribution in [0, 0.1) is 23.7 Å². The van der Waals surface area contributed by atoms with Crippen LogP contribution in [0.15, 0.2) is 0 Å². The average Bonchev–Trinajstić information content (AvgIpc) is 2.54. The van der Waals surface area contributed by atoms with Crippen molar-refractivity contribution in [1.82, 2.24) is 0 Å². The number of esters is 4. The number of ether oxygens (including phenoxy) is 4. The fraction of sp³-hybridized carbons (Fsp3) is 0.778. The van der Waals surface area contributed by atoms with Crippen LogP contribution in [0.5, 0.6) is 0 Å². The van der Waals surface area contributed by atoms with Crippen LogP contribution in [-0.2, 0) is 38.1 Å². The molecule has 0 unspecified atom stereocenters. The number of rotatable bonds is 8. The first-order chi connectivity index (χ1) is 12.2. The Kier molecular flexibility index (Phi) is 9.09. The molecule has 26 heavy (non-hydrogen) atoms. The number of carbonyl (C=O) groups is 4. The molecule has 0 aromatic carbocycles. The van der Waals surface area contributed by atoms with Gasteiger partial charge >= 0.3 is 23.9 Å².